The van der Waals surface area contributed by atoms with Gasteiger partial charge in [-0.1, -0.05) is 11.6 Å². The summed E-state index contributed by atoms with van der Waals surface area (Å²) in [4.78, 5) is 0. The zero-order valence-corrected chi connectivity index (χ0v) is 11.6. The molecule has 0 aromatic carbocycles. The summed E-state index contributed by atoms with van der Waals surface area (Å²) in [5, 5.41) is 0. The van der Waals surface area contributed by atoms with Gasteiger partial charge < -0.3 is 4.74 Å². The van der Waals surface area contributed by atoms with E-state index in [1.165, 1.54) is 6.07 Å². The summed E-state index contributed by atoms with van der Waals surface area (Å²) in [7, 11) is -3.40. The molecule has 0 radical (unpaired) electrons. The van der Waals surface area contributed by atoms with Crippen molar-refractivity contribution in [3.63, 3.8) is 0 Å². The van der Waals surface area contributed by atoms with E-state index in [1.807, 2.05) is 0 Å². The van der Waals surface area contributed by atoms with Crippen LogP contribution in [0.1, 0.15) is 12.8 Å². The zero-order chi connectivity index (χ0) is 12.3. The second kappa shape index (κ2) is 5.67. The minimum Gasteiger partial charge on any atom is -0.381 e. The smallest absolute Gasteiger partial charge is 0.250 e. The van der Waals surface area contributed by atoms with Crippen LogP contribution in [-0.4, -0.2) is 28.2 Å². The number of nitrogens with one attached hydrogen (secondary N) is 1. The Balaban J connectivity index is 1.93. The lowest BCUT2D eigenvalue weighted by atomic mass is 10.0. The number of hydrogen-bond donors (Lipinski definition) is 1. The molecule has 1 aliphatic heterocycles. The van der Waals surface area contributed by atoms with E-state index in [1.54, 1.807) is 6.07 Å². The number of rotatable bonds is 4. The largest absolute Gasteiger partial charge is 0.381 e. The Morgan fingerprint density at radius 2 is 2.12 bits per heavy atom. The molecule has 1 saturated heterocycles. The Morgan fingerprint density at radius 3 is 2.71 bits per heavy atom. The van der Waals surface area contributed by atoms with Crippen molar-refractivity contribution < 1.29 is 13.2 Å². The van der Waals surface area contributed by atoms with E-state index in [2.05, 4.69) is 4.72 Å². The molecule has 2 rings (SSSR count). The van der Waals surface area contributed by atoms with Gasteiger partial charge in [-0.25, -0.2) is 13.1 Å². The molecule has 1 aromatic heterocycles. The van der Waals surface area contributed by atoms with Crippen LogP contribution in [0.15, 0.2) is 16.3 Å². The molecule has 2 heterocycles. The van der Waals surface area contributed by atoms with E-state index >= 15 is 0 Å². The molecule has 1 aliphatic rings. The highest BCUT2D eigenvalue weighted by molar-refractivity contribution is 7.91. The maximum atomic E-state index is 11.9. The molecule has 1 N–H and O–H groups in total. The average Bonchev–Trinajstić information content (AvgIpc) is 2.76. The van der Waals surface area contributed by atoms with Gasteiger partial charge in [-0.3, -0.25) is 0 Å². The number of sulfonamides is 1. The van der Waals surface area contributed by atoms with Crippen LogP contribution >= 0.6 is 22.9 Å². The van der Waals surface area contributed by atoms with Crippen molar-refractivity contribution in [1.82, 2.24) is 4.72 Å². The summed E-state index contributed by atoms with van der Waals surface area (Å²) in [6.07, 6.45) is 1.82. The Hall–Kier alpha value is -0.140. The van der Waals surface area contributed by atoms with Gasteiger partial charge in [0, 0.05) is 19.8 Å². The van der Waals surface area contributed by atoms with E-state index in [0.717, 1.165) is 37.4 Å². The fourth-order valence-corrected chi connectivity index (χ4v) is 4.33. The lowest BCUT2D eigenvalue weighted by Gasteiger charge is -2.21. The van der Waals surface area contributed by atoms with Crippen LogP contribution < -0.4 is 4.72 Å². The van der Waals surface area contributed by atoms with E-state index in [9.17, 15) is 8.42 Å². The number of thiophene rings is 1. The van der Waals surface area contributed by atoms with Gasteiger partial charge in [0.25, 0.3) is 0 Å². The number of hydrogen-bond acceptors (Lipinski definition) is 4. The van der Waals surface area contributed by atoms with Crippen LogP contribution in [0, 0.1) is 5.92 Å². The molecule has 0 aliphatic carbocycles. The second-order valence-electron chi connectivity index (χ2n) is 3.97. The molecular formula is C10H14ClNO3S2. The molecule has 0 unspecified atom stereocenters. The third kappa shape index (κ3) is 3.66. The van der Waals surface area contributed by atoms with Crippen LogP contribution in [0.2, 0.25) is 4.34 Å². The maximum absolute atomic E-state index is 11.9. The summed E-state index contributed by atoms with van der Waals surface area (Å²) >= 11 is 6.80. The highest BCUT2D eigenvalue weighted by atomic mass is 35.5. The Kier molecular flexibility index (Phi) is 4.43. The van der Waals surface area contributed by atoms with Crippen LogP contribution in [0.3, 0.4) is 0 Å². The van der Waals surface area contributed by atoms with Crippen LogP contribution in [0.5, 0.6) is 0 Å². The van der Waals surface area contributed by atoms with Gasteiger partial charge in [-0.05, 0) is 30.9 Å². The quantitative estimate of drug-likeness (QED) is 0.925. The first-order chi connectivity index (χ1) is 8.08. The zero-order valence-electron chi connectivity index (χ0n) is 9.19. The maximum Gasteiger partial charge on any atom is 0.250 e. The first kappa shape index (κ1) is 13.3. The molecule has 0 atom stereocenters. The minimum absolute atomic E-state index is 0.273. The summed E-state index contributed by atoms with van der Waals surface area (Å²) < 4.78 is 32.4. The van der Waals surface area contributed by atoms with Gasteiger partial charge >= 0.3 is 0 Å². The normalized spacial score (nSPS) is 18.4. The van der Waals surface area contributed by atoms with Crippen molar-refractivity contribution >= 4 is 33.0 Å². The highest BCUT2D eigenvalue weighted by Gasteiger charge is 2.20. The van der Waals surface area contributed by atoms with Crippen molar-refractivity contribution in [2.24, 2.45) is 5.92 Å². The van der Waals surface area contributed by atoms with E-state index in [0.29, 0.717) is 16.8 Å². The minimum atomic E-state index is -3.40. The number of halogens is 1. The van der Waals surface area contributed by atoms with E-state index in [4.69, 9.17) is 16.3 Å². The number of ether oxygens (including phenoxy) is 1. The summed E-state index contributed by atoms with van der Waals surface area (Å²) in [6.45, 7) is 1.91. The fourth-order valence-electron chi connectivity index (χ4n) is 1.69. The first-order valence-electron chi connectivity index (χ1n) is 5.41. The third-order valence-electron chi connectivity index (χ3n) is 2.72. The Bertz CT molecular complexity index is 466. The van der Waals surface area contributed by atoms with E-state index < -0.39 is 10.0 Å². The van der Waals surface area contributed by atoms with Crippen molar-refractivity contribution in [3.05, 3.63) is 16.5 Å². The van der Waals surface area contributed by atoms with Gasteiger partial charge in [0.1, 0.15) is 4.21 Å². The second-order valence-corrected chi connectivity index (χ2v) is 7.68. The Labute approximate surface area is 110 Å². The predicted octanol–water partition coefficient (Wildman–Crippen LogP) is 2.11. The van der Waals surface area contributed by atoms with Crippen molar-refractivity contribution in [2.45, 2.75) is 17.1 Å². The SMILES string of the molecule is O=S(=O)(NCC1CCOCC1)c1ccc(Cl)s1. The molecule has 17 heavy (non-hydrogen) atoms. The molecular weight excluding hydrogens is 282 g/mol. The third-order valence-corrected chi connectivity index (χ3v) is 5.86. The molecule has 0 amide bonds. The molecule has 0 spiro atoms. The topological polar surface area (TPSA) is 55.4 Å². The molecule has 0 bridgehead atoms. The first-order valence-corrected chi connectivity index (χ1v) is 8.08. The molecule has 4 nitrogen and oxygen atoms in total. The molecule has 1 aromatic rings. The van der Waals surface area contributed by atoms with E-state index in [-0.39, 0.29) is 4.21 Å². The van der Waals surface area contributed by atoms with Crippen molar-refractivity contribution in [1.29, 1.82) is 0 Å². The van der Waals surface area contributed by atoms with Crippen LogP contribution in [-0.2, 0) is 14.8 Å². The molecule has 7 heteroatoms. The standard InChI is InChI=1S/C10H14ClNO3S2/c11-9-1-2-10(16-9)17(13,14)12-7-8-3-5-15-6-4-8/h1-2,8,12H,3-7H2. The van der Waals surface area contributed by atoms with Gasteiger partial charge in [-0.2, -0.15) is 0 Å². The fraction of sp³-hybridized carbons (Fsp3) is 0.600. The van der Waals surface area contributed by atoms with Crippen molar-refractivity contribution in [2.75, 3.05) is 19.8 Å². The van der Waals surface area contributed by atoms with Gasteiger partial charge in [0.2, 0.25) is 10.0 Å². The van der Waals surface area contributed by atoms with Crippen LogP contribution in [0.25, 0.3) is 0 Å². The predicted molar refractivity (Wildman–Crippen MR) is 68.1 cm³/mol. The molecule has 96 valence electrons. The summed E-state index contributed by atoms with van der Waals surface area (Å²) in [5.74, 6) is 0.369. The monoisotopic (exact) mass is 295 g/mol. The lowest BCUT2D eigenvalue weighted by molar-refractivity contribution is 0.0678. The molecule has 1 fully saturated rings. The Morgan fingerprint density at radius 1 is 1.41 bits per heavy atom. The van der Waals surface area contributed by atoms with Gasteiger partial charge in [-0.15, -0.1) is 11.3 Å². The summed E-state index contributed by atoms with van der Waals surface area (Å²) in [5.41, 5.74) is 0. The lowest BCUT2D eigenvalue weighted by Crippen LogP contribution is -2.31. The van der Waals surface area contributed by atoms with Crippen molar-refractivity contribution in [3.8, 4) is 0 Å². The van der Waals surface area contributed by atoms with Gasteiger partial charge in [0.15, 0.2) is 0 Å². The average molecular weight is 296 g/mol. The molecule has 0 saturated carbocycles. The summed E-state index contributed by atoms with van der Waals surface area (Å²) in [6, 6.07) is 3.12. The highest BCUT2D eigenvalue weighted by Crippen LogP contribution is 2.25. The van der Waals surface area contributed by atoms with Crippen LogP contribution in [0.4, 0.5) is 0 Å². The van der Waals surface area contributed by atoms with Gasteiger partial charge in [0.05, 0.1) is 4.34 Å².